The number of para-hydroxylation sites is 1. The van der Waals surface area contributed by atoms with Crippen LogP contribution in [0.25, 0.3) is 0 Å². The molecule has 0 amide bonds. The van der Waals surface area contributed by atoms with E-state index in [1.54, 1.807) is 0 Å². The first kappa shape index (κ1) is 14.2. The molecule has 0 atom stereocenters. The first-order chi connectivity index (χ1) is 8.83. The van der Waals surface area contributed by atoms with Gasteiger partial charge in [0.1, 0.15) is 11.5 Å². The summed E-state index contributed by atoms with van der Waals surface area (Å²) in [6, 6.07) is 3.84. The fourth-order valence-corrected chi connectivity index (χ4v) is 3.84. The van der Waals surface area contributed by atoms with Crippen molar-refractivity contribution in [3.63, 3.8) is 0 Å². The number of aromatic nitrogens is 3. The number of hydrogen-bond acceptors (Lipinski definition) is 4. The molecule has 0 spiro atoms. The Labute approximate surface area is 121 Å². The second-order valence-corrected chi connectivity index (χ2v) is 6.27. The van der Waals surface area contributed by atoms with Crippen molar-refractivity contribution in [3.8, 4) is 0 Å². The first-order valence-electron chi connectivity index (χ1n) is 4.85. The monoisotopic (exact) mass is 368 g/mol. The molecule has 0 aliphatic heterocycles. The van der Waals surface area contributed by atoms with E-state index in [0.717, 1.165) is 10.7 Å². The number of halogens is 3. The standard InChI is InChI=1S/C9H7BrClFN4O2S/c1-16-9(8(10)13-15-16)19(17,18)14-7-5(11)3-2-4-6(7)12/h2-4,14H,1H3. The Balaban J connectivity index is 2.49. The van der Waals surface area contributed by atoms with Gasteiger partial charge in [0.15, 0.2) is 4.60 Å². The van der Waals surface area contributed by atoms with Gasteiger partial charge in [-0.15, -0.1) is 5.10 Å². The second kappa shape index (κ2) is 5.06. The molecule has 0 unspecified atom stereocenters. The Bertz CT molecular complexity index is 694. The van der Waals surface area contributed by atoms with Crippen molar-refractivity contribution in [1.82, 2.24) is 15.0 Å². The molecule has 1 aromatic carbocycles. The maximum absolute atomic E-state index is 13.6. The summed E-state index contributed by atoms with van der Waals surface area (Å²) in [4.78, 5) is 0. The van der Waals surface area contributed by atoms with Crippen LogP contribution in [0.4, 0.5) is 10.1 Å². The molecule has 0 aliphatic carbocycles. The van der Waals surface area contributed by atoms with Crippen LogP contribution in [0.5, 0.6) is 0 Å². The third-order valence-corrected chi connectivity index (χ3v) is 4.74. The second-order valence-electron chi connectivity index (χ2n) is 3.51. The summed E-state index contributed by atoms with van der Waals surface area (Å²) in [6.07, 6.45) is 0. The maximum Gasteiger partial charge on any atom is 0.282 e. The lowest BCUT2D eigenvalue weighted by atomic mass is 10.3. The zero-order valence-electron chi connectivity index (χ0n) is 9.43. The quantitative estimate of drug-likeness (QED) is 0.899. The van der Waals surface area contributed by atoms with Crippen LogP contribution in [0, 0.1) is 5.82 Å². The van der Waals surface area contributed by atoms with Gasteiger partial charge in [0.25, 0.3) is 10.0 Å². The summed E-state index contributed by atoms with van der Waals surface area (Å²) >= 11 is 8.72. The number of aryl methyl sites for hydroxylation is 1. The van der Waals surface area contributed by atoms with Crippen molar-refractivity contribution < 1.29 is 12.8 Å². The zero-order chi connectivity index (χ0) is 14.2. The van der Waals surface area contributed by atoms with E-state index in [0.29, 0.717) is 0 Å². The number of rotatable bonds is 3. The minimum atomic E-state index is -4.06. The molecule has 0 radical (unpaired) electrons. The number of benzene rings is 1. The number of hydrogen-bond donors (Lipinski definition) is 1. The number of anilines is 1. The van der Waals surface area contributed by atoms with Crippen molar-refractivity contribution in [2.45, 2.75) is 5.03 Å². The molecule has 2 aromatic rings. The van der Waals surface area contributed by atoms with Gasteiger partial charge in [0.2, 0.25) is 5.03 Å². The van der Waals surface area contributed by atoms with Gasteiger partial charge in [-0.3, -0.25) is 4.72 Å². The molecule has 1 N–H and O–H groups in total. The molecule has 0 saturated heterocycles. The SMILES string of the molecule is Cn1nnc(Br)c1S(=O)(=O)Nc1c(F)cccc1Cl. The molecule has 102 valence electrons. The summed E-state index contributed by atoms with van der Waals surface area (Å²) in [5.41, 5.74) is -0.322. The lowest BCUT2D eigenvalue weighted by molar-refractivity contribution is 0.577. The average Bonchev–Trinajstić information content (AvgIpc) is 2.64. The van der Waals surface area contributed by atoms with E-state index in [1.165, 1.54) is 19.2 Å². The summed E-state index contributed by atoms with van der Waals surface area (Å²) in [6.45, 7) is 0. The predicted octanol–water partition coefficient (Wildman–Crippen LogP) is 2.17. The Kier molecular flexibility index (Phi) is 3.79. The van der Waals surface area contributed by atoms with Crippen LogP contribution in [0.15, 0.2) is 27.8 Å². The first-order valence-corrected chi connectivity index (χ1v) is 7.50. The smallest absolute Gasteiger partial charge is 0.274 e. The highest BCUT2D eigenvalue weighted by atomic mass is 79.9. The molecule has 6 nitrogen and oxygen atoms in total. The molecule has 1 heterocycles. The van der Waals surface area contributed by atoms with Crippen LogP contribution < -0.4 is 4.72 Å². The molecule has 1 aromatic heterocycles. The van der Waals surface area contributed by atoms with Crippen LogP contribution in [0.1, 0.15) is 0 Å². The molecule has 2 rings (SSSR count). The van der Waals surface area contributed by atoms with E-state index in [2.05, 4.69) is 31.0 Å². The highest BCUT2D eigenvalue weighted by Crippen LogP contribution is 2.28. The Morgan fingerprint density at radius 2 is 2.16 bits per heavy atom. The zero-order valence-corrected chi connectivity index (χ0v) is 12.6. The van der Waals surface area contributed by atoms with E-state index in [-0.39, 0.29) is 20.3 Å². The van der Waals surface area contributed by atoms with E-state index in [1.807, 2.05) is 0 Å². The van der Waals surface area contributed by atoms with Gasteiger partial charge in [0, 0.05) is 7.05 Å². The van der Waals surface area contributed by atoms with Gasteiger partial charge >= 0.3 is 0 Å². The molecule has 19 heavy (non-hydrogen) atoms. The van der Waals surface area contributed by atoms with Gasteiger partial charge < -0.3 is 0 Å². The van der Waals surface area contributed by atoms with Crippen molar-refractivity contribution in [2.75, 3.05) is 4.72 Å². The summed E-state index contributed by atoms with van der Waals surface area (Å²) in [5, 5.41) is 6.82. The topological polar surface area (TPSA) is 76.9 Å². The van der Waals surface area contributed by atoms with Gasteiger partial charge in [-0.1, -0.05) is 22.9 Å². The third kappa shape index (κ3) is 2.72. The highest BCUT2D eigenvalue weighted by Gasteiger charge is 2.25. The van der Waals surface area contributed by atoms with Gasteiger partial charge in [-0.05, 0) is 28.1 Å². The van der Waals surface area contributed by atoms with Gasteiger partial charge in [0.05, 0.1) is 5.02 Å². The van der Waals surface area contributed by atoms with Crippen LogP contribution in [-0.2, 0) is 17.1 Å². The molecular formula is C9H7BrClFN4O2S. The molecule has 0 saturated carbocycles. The van der Waals surface area contributed by atoms with Crippen LogP contribution in [0.2, 0.25) is 5.02 Å². The van der Waals surface area contributed by atoms with E-state index >= 15 is 0 Å². The van der Waals surface area contributed by atoms with Crippen molar-refractivity contribution in [2.24, 2.45) is 7.05 Å². The molecule has 0 fully saturated rings. The Morgan fingerprint density at radius 3 is 2.68 bits per heavy atom. The fourth-order valence-electron chi connectivity index (χ4n) is 1.39. The van der Waals surface area contributed by atoms with Gasteiger partial charge in [-0.25, -0.2) is 9.07 Å². The lowest BCUT2D eigenvalue weighted by Gasteiger charge is -2.10. The summed E-state index contributed by atoms with van der Waals surface area (Å²) < 4.78 is 41.0. The average molecular weight is 370 g/mol. The largest absolute Gasteiger partial charge is 0.282 e. The van der Waals surface area contributed by atoms with Crippen molar-refractivity contribution in [3.05, 3.63) is 33.6 Å². The van der Waals surface area contributed by atoms with Crippen molar-refractivity contribution >= 4 is 43.2 Å². The predicted molar refractivity (Wildman–Crippen MR) is 70.9 cm³/mol. The van der Waals surface area contributed by atoms with E-state index in [9.17, 15) is 12.8 Å². The minimum Gasteiger partial charge on any atom is -0.274 e. The number of nitrogens with zero attached hydrogens (tertiary/aromatic N) is 3. The highest BCUT2D eigenvalue weighted by molar-refractivity contribution is 9.10. The van der Waals surface area contributed by atoms with Crippen molar-refractivity contribution in [1.29, 1.82) is 0 Å². The lowest BCUT2D eigenvalue weighted by Crippen LogP contribution is -2.18. The molecular weight excluding hydrogens is 363 g/mol. The Morgan fingerprint density at radius 1 is 1.47 bits per heavy atom. The molecule has 0 bridgehead atoms. The third-order valence-electron chi connectivity index (χ3n) is 2.19. The summed E-state index contributed by atoms with van der Waals surface area (Å²) in [5.74, 6) is -0.776. The fraction of sp³-hybridized carbons (Fsp3) is 0.111. The van der Waals surface area contributed by atoms with Crippen LogP contribution in [-0.4, -0.2) is 23.4 Å². The van der Waals surface area contributed by atoms with Crippen LogP contribution in [0.3, 0.4) is 0 Å². The number of sulfonamides is 1. The van der Waals surface area contributed by atoms with E-state index < -0.39 is 15.8 Å². The summed E-state index contributed by atoms with van der Waals surface area (Å²) in [7, 11) is -2.66. The van der Waals surface area contributed by atoms with Gasteiger partial charge in [-0.2, -0.15) is 8.42 Å². The maximum atomic E-state index is 13.6. The number of nitrogens with one attached hydrogen (secondary N) is 1. The Hall–Kier alpha value is -1.19. The minimum absolute atomic E-state index is 0.0231. The molecule has 0 aliphatic rings. The van der Waals surface area contributed by atoms with E-state index in [4.69, 9.17) is 11.6 Å². The molecule has 10 heteroatoms. The van der Waals surface area contributed by atoms with Crippen LogP contribution >= 0.6 is 27.5 Å². The normalized spacial score (nSPS) is 11.6.